The van der Waals surface area contributed by atoms with Crippen LogP contribution in [0.3, 0.4) is 0 Å². The van der Waals surface area contributed by atoms with Gasteiger partial charge in [0.2, 0.25) is 5.91 Å². The van der Waals surface area contributed by atoms with Crippen molar-refractivity contribution in [2.45, 2.75) is 32.7 Å². The van der Waals surface area contributed by atoms with Gasteiger partial charge in [-0.3, -0.25) is 9.59 Å². The van der Waals surface area contributed by atoms with Crippen LogP contribution >= 0.6 is 12.4 Å². The van der Waals surface area contributed by atoms with E-state index in [0.29, 0.717) is 17.4 Å². The van der Waals surface area contributed by atoms with Gasteiger partial charge in [-0.15, -0.1) is 12.4 Å². The lowest BCUT2D eigenvalue weighted by Crippen LogP contribution is -2.33. The number of amides is 2. The molecule has 2 fully saturated rings. The van der Waals surface area contributed by atoms with Gasteiger partial charge in [0, 0.05) is 36.3 Å². The van der Waals surface area contributed by atoms with Crippen molar-refractivity contribution in [3.8, 4) is 0 Å². The number of hydrogen-bond donors (Lipinski definition) is 2. The van der Waals surface area contributed by atoms with Crippen LogP contribution in [0, 0.1) is 17.8 Å². The second-order valence-electron chi connectivity index (χ2n) is 7.10. The maximum Gasteiger partial charge on any atom is 0.253 e. The maximum absolute atomic E-state index is 12.6. The van der Waals surface area contributed by atoms with Crippen LogP contribution in [-0.4, -0.2) is 35.8 Å². The Balaban J connectivity index is 0.00000208. The summed E-state index contributed by atoms with van der Waals surface area (Å²) < 4.78 is 0. The molecule has 3 rings (SSSR count). The Morgan fingerprint density at radius 3 is 2.42 bits per heavy atom. The zero-order chi connectivity index (χ0) is 16.6. The molecule has 5 nitrogen and oxygen atoms in total. The summed E-state index contributed by atoms with van der Waals surface area (Å²) in [4.78, 5) is 26.2. The number of likely N-dealkylation sites (tertiary alicyclic amines) is 1. The molecule has 0 radical (unpaired) electrons. The average Bonchev–Trinajstić information content (AvgIpc) is 3.10. The molecule has 3 N–H and O–H groups in total. The van der Waals surface area contributed by atoms with E-state index >= 15 is 0 Å². The van der Waals surface area contributed by atoms with Crippen LogP contribution < -0.4 is 11.1 Å². The van der Waals surface area contributed by atoms with Crippen LogP contribution in [0.2, 0.25) is 0 Å². The Hall–Kier alpha value is -1.59. The fourth-order valence-electron chi connectivity index (χ4n) is 3.64. The van der Waals surface area contributed by atoms with Gasteiger partial charge >= 0.3 is 0 Å². The summed E-state index contributed by atoms with van der Waals surface area (Å²) in [5, 5.41) is 2.83. The first-order valence-corrected chi connectivity index (χ1v) is 8.41. The van der Waals surface area contributed by atoms with Gasteiger partial charge < -0.3 is 16.0 Å². The number of fused-ring (bicyclic) bond motifs is 1. The molecule has 1 heterocycles. The Labute approximate surface area is 149 Å². The first-order valence-electron chi connectivity index (χ1n) is 8.41. The van der Waals surface area contributed by atoms with Crippen molar-refractivity contribution in [1.29, 1.82) is 0 Å². The first kappa shape index (κ1) is 18.7. The number of nitrogens with two attached hydrogens (primary N) is 1. The van der Waals surface area contributed by atoms with Gasteiger partial charge in [0.05, 0.1) is 0 Å². The van der Waals surface area contributed by atoms with Crippen molar-refractivity contribution in [3.05, 3.63) is 29.8 Å². The molecule has 2 amide bonds. The van der Waals surface area contributed by atoms with Crippen molar-refractivity contribution in [2.24, 2.45) is 23.5 Å². The highest BCUT2D eigenvalue weighted by Gasteiger charge is 2.42. The molecule has 3 atom stereocenters. The first-order chi connectivity index (χ1) is 11.0. The second-order valence-corrected chi connectivity index (χ2v) is 7.10. The van der Waals surface area contributed by atoms with E-state index in [0.717, 1.165) is 31.6 Å². The van der Waals surface area contributed by atoms with Crippen LogP contribution in [0.15, 0.2) is 24.3 Å². The van der Waals surface area contributed by atoms with Crippen LogP contribution in [0.1, 0.15) is 37.0 Å². The average molecular weight is 352 g/mol. The molecule has 132 valence electrons. The highest BCUT2D eigenvalue weighted by molar-refractivity contribution is 5.96. The Morgan fingerprint density at radius 1 is 1.17 bits per heavy atom. The molecular formula is C18H26ClN3O2. The number of benzene rings is 1. The predicted molar refractivity (Wildman–Crippen MR) is 97.3 cm³/mol. The quantitative estimate of drug-likeness (QED) is 0.878. The van der Waals surface area contributed by atoms with E-state index in [1.54, 1.807) is 24.3 Å². The summed E-state index contributed by atoms with van der Waals surface area (Å²) >= 11 is 0. The van der Waals surface area contributed by atoms with Gasteiger partial charge in [-0.05, 0) is 48.9 Å². The number of halogens is 1. The predicted octanol–water partition coefficient (Wildman–Crippen LogP) is 2.51. The Kier molecular flexibility index (Phi) is 5.88. The fraction of sp³-hybridized carbons (Fsp3) is 0.556. The zero-order valence-electron chi connectivity index (χ0n) is 14.2. The highest BCUT2D eigenvalue weighted by atomic mass is 35.5. The molecular weight excluding hydrogens is 326 g/mol. The molecule has 6 heteroatoms. The summed E-state index contributed by atoms with van der Waals surface area (Å²) in [6, 6.07) is 7.39. The second kappa shape index (κ2) is 7.53. The van der Waals surface area contributed by atoms with E-state index in [-0.39, 0.29) is 36.2 Å². The van der Waals surface area contributed by atoms with Crippen molar-refractivity contribution in [1.82, 2.24) is 4.90 Å². The van der Waals surface area contributed by atoms with Crippen LogP contribution in [0.25, 0.3) is 0 Å². The summed E-state index contributed by atoms with van der Waals surface area (Å²) in [5.74, 6) is 1.01. The van der Waals surface area contributed by atoms with Gasteiger partial charge in [0.1, 0.15) is 0 Å². The summed E-state index contributed by atoms with van der Waals surface area (Å²) in [6.07, 6.45) is 2.22. The molecule has 1 aliphatic carbocycles. The molecule has 1 aliphatic heterocycles. The molecule has 0 bridgehead atoms. The van der Waals surface area contributed by atoms with E-state index in [1.807, 2.05) is 18.7 Å². The van der Waals surface area contributed by atoms with Gasteiger partial charge in [0.15, 0.2) is 0 Å². The van der Waals surface area contributed by atoms with Gasteiger partial charge in [-0.1, -0.05) is 13.8 Å². The fourth-order valence-corrected chi connectivity index (χ4v) is 3.64. The third-order valence-electron chi connectivity index (χ3n) is 5.12. The van der Waals surface area contributed by atoms with E-state index in [4.69, 9.17) is 5.73 Å². The van der Waals surface area contributed by atoms with E-state index in [1.165, 1.54) is 0 Å². The third-order valence-corrected chi connectivity index (χ3v) is 5.12. The normalized spacial score (nSPS) is 25.3. The van der Waals surface area contributed by atoms with Crippen molar-refractivity contribution >= 4 is 29.9 Å². The topological polar surface area (TPSA) is 75.4 Å². The molecule has 3 unspecified atom stereocenters. The number of carbonyl (C=O) groups excluding carboxylic acids is 2. The molecule has 1 saturated carbocycles. The SMILES string of the molecule is CC(C)C(=O)Nc1ccc(C(=O)N2CC3CCC(N)C3C2)cc1.Cl. The van der Waals surface area contributed by atoms with Gasteiger partial charge in [0.25, 0.3) is 5.91 Å². The molecule has 24 heavy (non-hydrogen) atoms. The monoisotopic (exact) mass is 351 g/mol. The largest absolute Gasteiger partial charge is 0.338 e. The van der Waals surface area contributed by atoms with Gasteiger partial charge in [-0.25, -0.2) is 0 Å². The Morgan fingerprint density at radius 2 is 1.83 bits per heavy atom. The summed E-state index contributed by atoms with van der Waals surface area (Å²) in [5.41, 5.74) is 7.52. The van der Waals surface area contributed by atoms with Crippen molar-refractivity contribution in [2.75, 3.05) is 18.4 Å². The van der Waals surface area contributed by atoms with E-state index < -0.39 is 0 Å². The number of hydrogen-bond acceptors (Lipinski definition) is 3. The minimum atomic E-state index is -0.0653. The molecule has 0 spiro atoms. The lowest BCUT2D eigenvalue weighted by Gasteiger charge is -2.19. The highest BCUT2D eigenvalue weighted by Crippen LogP contribution is 2.37. The van der Waals surface area contributed by atoms with Gasteiger partial charge in [-0.2, -0.15) is 0 Å². The minimum absolute atomic E-state index is 0. The number of nitrogens with one attached hydrogen (secondary N) is 1. The zero-order valence-corrected chi connectivity index (χ0v) is 15.0. The molecule has 1 aromatic rings. The summed E-state index contributed by atoms with van der Waals surface area (Å²) in [7, 11) is 0. The standard InChI is InChI=1S/C18H25N3O2.ClH/c1-11(2)17(22)20-14-6-3-12(4-7-14)18(23)21-9-13-5-8-16(19)15(13)10-21;/h3-4,6-7,11,13,15-16H,5,8-10,19H2,1-2H3,(H,20,22);1H. The lowest BCUT2D eigenvalue weighted by molar-refractivity contribution is -0.118. The minimum Gasteiger partial charge on any atom is -0.338 e. The lowest BCUT2D eigenvalue weighted by atomic mass is 9.98. The number of anilines is 1. The summed E-state index contributed by atoms with van der Waals surface area (Å²) in [6.45, 7) is 5.30. The van der Waals surface area contributed by atoms with Crippen LogP contribution in [0.4, 0.5) is 5.69 Å². The maximum atomic E-state index is 12.6. The van der Waals surface area contributed by atoms with E-state index in [2.05, 4.69) is 5.32 Å². The molecule has 0 aromatic heterocycles. The smallest absolute Gasteiger partial charge is 0.253 e. The molecule has 1 saturated heterocycles. The van der Waals surface area contributed by atoms with Crippen molar-refractivity contribution in [3.63, 3.8) is 0 Å². The van der Waals surface area contributed by atoms with E-state index in [9.17, 15) is 9.59 Å². The third kappa shape index (κ3) is 3.73. The van der Waals surface area contributed by atoms with Crippen LogP contribution in [0.5, 0.6) is 0 Å². The number of rotatable bonds is 3. The molecule has 2 aliphatic rings. The number of carbonyl (C=O) groups is 2. The van der Waals surface area contributed by atoms with Crippen molar-refractivity contribution < 1.29 is 9.59 Å². The number of nitrogens with zero attached hydrogens (tertiary/aromatic N) is 1. The Bertz CT molecular complexity index is 603. The van der Waals surface area contributed by atoms with Crippen LogP contribution in [-0.2, 0) is 4.79 Å². The molecule has 1 aromatic carbocycles.